The summed E-state index contributed by atoms with van der Waals surface area (Å²) < 4.78 is 0. The highest BCUT2D eigenvalue weighted by molar-refractivity contribution is 14.0. The van der Waals surface area contributed by atoms with Crippen molar-refractivity contribution in [2.45, 2.75) is 76.9 Å². The van der Waals surface area contributed by atoms with Crippen LogP contribution in [0.1, 0.15) is 64.7 Å². The Balaban J connectivity index is 0.00000192. The molecule has 0 saturated heterocycles. The summed E-state index contributed by atoms with van der Waals surface area (Å²) in [7, 11) is 0. The van der Waals surface area contributed by atoms with E-state index in [1.54, 1.807) is 0 Å². The van der Waals surface area contributed by atoms with Crippen LogP contribution in [0.3, 0.4) is 0 Å². The van der Waals surface area contributed by atoms with Crippen molar-refractivity contribution in [1.29, 1.82) is 0 Å². The average molecular weight is 435 g/mol. The molecule has 0 aliphatic heterocycles. The molecule has 5 heteroatoms. The molecule has 0 radical (unpaired) electrons. The van der Waals surface area contributed by atoms with E-state index in [2.05, 4.69) is 17.6 Å². The van der Waals surface area contributed by atoms with Crippen LogP contribution < -0.4 is 10.6 Å². The zero-order valence-electron chi connectivity index (χ0n) is 14.5. The lowest BCUT2D eigenvalue weighted by Gasteiger charge is -2.27. The standard InChI is InChI=1S/C18H33N3O.HI/c1-2-19-18(21-16-5-7-17(22)8-6-16)20-10-9-15-12-13-3-4-14(15)11-13;/h13-17,22H,2-12H2,1H3,(H2,19,20,21);1H. The number of rotatable bonds is 5. The molecule has 0 aromatic carbocycles. The first-order valence-electron chi connectivity index (χ1n) is 9.47. The van der Waals surface area contributed by atoms with Gasteiger partial charge < -0.3 is 15.7 Å². The van der Waals surface area contributed by atoms with Crippen LogP contribution in [-0.2, 0) is 0 Å². The summed E-state index contributed by atoms with van der Waals surface area (Å²) in [5.74, 6) is 3.97. The van der Waals surface area contributed by atoms with E-state index in [-0.39, 0.29) is 30.1 Å². The van der Waals surface area contributed by atoms with Gasteiger partial charge in [0.2, 0.25) is 0 Å². The van der Waals surface area contributed by atoms with Gasteiger partial charge in [-0.3, -0.25) is 4.99 Å². The van der Waals surface area contributed by atoms with Crippen molar-refractivity contribution in [3.8, 4) is 0 Å². The number of aliphatic hydroxyl groups is 1. The van der Waals surface area contributed by atoms with E-state index >= 15 is 0 Å². The predicted molar refractivity (Wildman–Crippen MR) is 106 cm³/mol. The quantitative estimate of drug-likeness (QED) is 0.353. The fourth-order valence-corrected chi connectivity index (χ4v) is 4.81. The van der Waals surface area contributed by atoms with E-state index in [1.165, 1.54) is 32.1 Å². The zero-order chi connectivity index (χ0) is 15.4. The molecule has 3 N–H and O–H groups in total. The molecule has 3 unspecified atom stereocenters. The van der Waals surface area contributed by atoms with Gasteiger partial charge in [-0.15, -0.1) is 24.0 Å². The van der Waals surface area contributed by atoms with Gasteiger partial charge in [-0.1, -0.05) is 6.42 Å². The molecular weight excluding hydrogens is 401 g/mol. The third kappa shape index (κ3) is 5.48. The summed E-state index contributed by atoms with van der Waals surface area (Å²) in [6.45, 7) is 3.99. The molecule has 3 rings (SSSR count). The highest BCUT2D eigenvalue weighted by atomic mass is 127. The first kappa shape index (κ1) is 19.3. The maximum absolute atomic E-state index is 9.61. The monoisotopic (exact) mass is 435 g/mol. The number of fused-ring (bicyclic) bond motifs is 2. The SMILES string of the molecule is CCNC(=NCCC1CC2CCC1C2)NC1CCC(O)CC1.I. The van der Waals surface area contributed by atoms with Crippen LogP contribution in [0.4, 0.5) is 0 Å². The number of hydrogen-bond donors (Lipinski definition) is 3. The summed E-state index contributed by atoms with van der Waals surface area (Å²) >= 11 is 0. The maximum atomic E-state index is 9.61. The largest absolute Gasteiger partial charge is 0.393 e. The molecule has 4 nitrogen and oxygen atoms in total. The molecule has 134 valence electrons. The normalized spacial score (nSPS) is 36.6. The van der Waals surface area contributed by atoms with Gasteiger partial charge in [-0.05, 0) is 76.0 Å². The van der Waals surface area contributed by atoms with Crippen molar-refractivity contribution >= 4 is 29.9 Å². The Kier molecular flexibility index (Phi) is 7.92. The van der Waals surface area contributed by atoms with Crippen molar-refractivity contribution in [2.24, 2.45) is 22.7 Å². The van der Waals surface area contributed by atoms with E-state index in [0.717, 1.165) is 62.5 Å². The number of aliphatic hydroxyl groups excluding tert-OH is 1. The maximum Gasteiger partial charge on any atom is 0.191 e. The van der Waals surface area contributed by atoms with Gasteiger partial charge in [0, 0.05) is 19.1 Å². The van der Waals surface area contributed by atoms with Gasteiger partial charge in [0.15, 0.2) is 5.96 Å². The van der Waals surface area contributed by atoms with E-state index in [0.29, 0.717) is 6.04 Å². The van der Waals surface area contributed by atoms with Crippen LogP contribution in [0, 0.1) is 17.8 Å². The van der Waals surface area contributed by atoms with Gasteiger partial charge in [-0.25, -0.2) is 0 Å². The molecule has 3 aliphatic carbocycles. The average Bonchev–Trinajstić information content (AvgIpc) is 3.12. The van der Waals surface area contributed by atoms with E-state index in [1.807, 2.05) is 0 Å². The van der Waals surface area contributed by atoms with E-state index < -0.39 is 0 Å². The Bertz CT molecular complexity index is 382. The molecule has 0 aromatic rings. The fourth-order valence-electron chi connectivity index (χ4n) is 4.81. The van der Waals surface area contributed by atoms with Crippen LogP contribution in [0.2, 0.25) is 0 Å². The molecule has 0 spiro atoms. The van der Waals surface area contributed by atoms with Crippen molar-refractivity contribution in [3.63, 3.8) is 0 Å². The van der Waals surface area contributed by atoms with Crippen LogP contribution in [0.5, 0.6) is 0 Å². The van der Waals surface area contributed by atoms with Gasteiger partial charge >= 0.3 is 0 Å². The molecule has 3 atom stereocenters. The highest BCUT2D eigenvalue weighted by Crippen LogP contribution is 2.49. The van der Waals surface area contributed by atoms with Crippen LogP contribution in [-0.4, -0.2) is 36.3 Å². The fraction of sp³-hybridized carbons (Fsp3) is 0.944. The van der Waals surface area contributed by atoms with Gasteiger partial charge in [0.1, 0.15) is 0 Å². The Morgan fingerprint density at radius 2 is 1.87 bits per heavy atom. The lowest BCUT2D eigenvalue weighted by Crippen LogP contribution is -2.45. The first-order chi connectivity index (χ1) is 10.7. The second kappa shape index (κ2) is 9.44. The third-order valence-corrected chi connectivity index (χ3v) is 6.04. The van der Waals surface area contributed by atoms with Crippen LogP contribution in [0.25, 0.3) is 0 Å². The van der Waals surface area contributed by atoms with E-state index in [9.17, 15) is 5.11 Å². The second-order valence-corrected chi connectivity index (χ2v) is 7.63. The van der Waals surface area contributed by atoms with Crippen molar-refractivity contribution in [3.05, 3.63) is 0 Å². The molecule has 0 amide bonds. The minimum absolute atomic E-state index is 0. The molecule has 3 fully saturated rings. The van der Waals surface area contributed by atoms with Crippen molar-refractivity contribution in [1.82, 2.24) is 10.6 Å². The number of guanidine groups is 1. The molecule has 3 saturated carbocycles. The summed E-state index contributed by atoms with van der Waals surface area (Å²) in [6.07, 6.45) is 11.0. The highest BCUT2D eigenvalue weighted by Gasteiger charge is 2.38. The summed E-state index contributed by atoms with van der Waals surface area (Å²) in [6, 6.07) is 0.476. The number of aliphatic imine (C=N–C) groups is 1. The topological polar surface area (TPSA) is 56.7 Å². The van der Waals surface area contributed by atoms with E-state index in [4.69, 9.17) is 4.99 Å². The number of nitrogens with zero attached hydrogens (tertiary/aromatic N) is 1. The van der Waals surface area contributed by atoms with Crippen molar-refractivity contribution in [2.75, 3.05) is 13.1 Å². The van der Waals surface area contributed by atoms with Gasteiger partial charge in [0.05, 0.1) is 6.10 Å². The Labute approximate surface area is 158 Å². The predicted octanol–water partition coefficient (Wildman–Crippen LogP) is 3.29. The summed E-state index contributed by atoms with van der Waals surface area (Å²) in [4.78, 5) is 4.81. The molecule has 0 aromatic heterocycles. The molecule has 23 heavy (non-hydrogen) atoms. The summed E-state index contributed by atoms with van der Waals surface area (Å²) in [5, 5.41) is 16.5. The van der Waals surface area contributed by atoms with Crippen LogP contribution in [0.15, 0.2) is 4.99 Å². The Hall–Kier alpha value is -0.0400. The number of hydrogen-bond acceptors (Lipinski definition) is 2. The van der Waals surface area contributed by atoms with Gasteiger partial charge in [-0.2, -0.15) is 0 Å². The van der Waals surface area contributed by atoms with Crippen LogP contribution >= 0.6 is 24.0 Å². The number of halogens is 1. The zero-order valence-corrected chi connectivity index (χ0v) is 16.8. The molecule has 0 heterocycles. The molecule has 2 bridgehead atoms. The summed E-state index contributed by atoms with van der Waals surface area (Å²) in [5.41, 5.74) is 0. The third-order valence-electron chi connectivity index (χ3n) is 6.04. The molecular formula is C18H34IN3O. The first-order valence-corrected chi connectivity index (χ1v) is 9.47. The molecule has 3 aliphatic rings. The smallest absolute Gasteiger partial charge is 0.191 e. The Morgan fingerprint density at radius 1 is 1.09 bits per heavy atom. The lowest BCUT2D eigenvalue weighted by atomic mass is 9.86. The number of nitrogens with one attached hydrogen (secondary N) is 2. The lowest BCUT2D eigenvalue weighted by molar-refractivity contribution is 0.120. The minimum atomic E-state index is -0.0876. The minimum Gasteiger partial charge on any atom is -0.393 e. The van der Waals surface area contributed by atoms with Crippen molar-refractivity contribution < 1.29 is 5.11 Å². The second-order valence-electron chi connectivity index (χ2n) is 7.63. The Morgan fingerprint density at radius 3 is 2.48 bits per heavy atom. The van der Waals surface area contributed by atoms with Gasteiger partial charge in [0.25, 0.3) is 0 Å².